The van der Waals surface area contributed by atoms with Crippen LogP contribution < -0.4 is 5.32 Å². The Kier molecular flexibility index (Phi) is 5.20. The lowest BCUT2D eigenvalue weighted by Crippen LogP contribution is -2.51. The van der Waals surface area contributed by atoms with Gasteiger partial charge in [0.1, 0.15) is 0 Å². The van der Waals surface area contributed by atoms with Crippen LogP contribution in [0, 0.1) is 0 Å². The second kappa shape index (κ2) is 6.91. The Labute approximate surface area is 126 Å². The molecule has 1 unspecified atom stereocenters. The van der Waals surface area contributed by atoms with Crippen molar-refractivity contribution < 1.29 is 9.90 Å². The van der Waals surface area contributed by atoms with Crippen LogP contribution in [0.4, 0.5) is 10.5 Å². The van der Waals surface area contributed by atoms with Crippen LogP contribution in [-0.2, 0) is 0 Å². The Hall–Kier alpha value is -1.59. The lowest BCUT2D eigenvalue weighted by Gasteiger charge is -2.36. The summed E-state index contributed by atoms with van der Waals surface area (Å²) in [5, 5.41) is 12.5. The first-order valence-electron chi connectivity index (χ1n) is 7.55. The zero-order chi connectivity index (χ0) is 15.4. The van der Waals surface area contributed by atoms with Crippen LogP contribution in [0.15, 0.2) is 24.3 Å². The van der Waals surface area contributed by atoms with Crippen molar-refractivity contribution in [1.82, 2.24) is 9.80 Å². The van der Waals surface area contributed by atoms with E-state index in [9.17, 15) is 9.90 Å². The molecule has 2 amide bonds. The number of nitrogens with zero attached hydrogens (tertiary/aromatic N) is 2. The van der Waals surface area contributed by atoms with Crippen molar-refractivity contribution in [2.75, 3.05) is 31.5 Å². The number of hydrogen-bond donors (Lipinski definition) is 2. The van der Waals surface area contributed by atoms with Crippen molar-refractivity contribution in [1.29, 1.82) is 0 Å². The molecular weight excluding hydrogens is 266 g/mol. The van der Waals surface area contributed by atoms with Crippen molar-refractivity contribution in [3.8, 4) is 0 Å². The average molecular weight is 291 g/mol. The van der Waals surface area contributed by atoms with E-state index in [4.69, 9.17) is 0 Å². The minimum absolute atomic E-state index is 0.0684. The quantitative estimate of drug-likeness (QED) is 0.898. The lowest BCUT2D eigenvalue weighted by molar-refractivity contribution is 0.125. The normalized spacial score (nSPS) is 17.9. The van der Waals surface area contributed by atoms with E-state index in [-0.39, 0.29) is 6.03 Å². The number of benzene rings is 1. The smallest absolute Gasteiger partial charge is 0.321 e. The van der Waals surface area contributed by atoms with Crippen molar-refractivity contribution in [3.05, 3.63) is 29.8 Å². The van der Waals surface area contributed by atoms with Gasteiger partial charge in [0.05, 0.1) is 6.10 Å². The summed E-state index contributed by atoms with van der Waals surface area (Å²) in [7, 11) is 0. The van der Waals surface area contributed by atoms with Crippen LogP contribution in [0.5, 0.6) is 0 Å². The van der Waals surface area contributed by atoms with Gasteiger partial charge in [0.25, 0.3) is 0 Å². The van der Waals surface area contributed by atoms with Crippen LogP contribution in [0.25, 0.3) is 0 Å². The summed E-state index contributed by atoms with van der Waals surface area (Å²) >= 11 is 0. The number of aliphatic hydroxyl groups excluding tert-OH is 1. The first-order chi connectivity index (χ1) is 9.97. The van der Waals surface area contributed by atoms with Gasteiger partial charge >= 0.3 is 6.03 Å². The van der Waals surface area contributed by atoms with Gasteiger partial charge in [-0.25, -0.2) is 4.79 Å². The monoisotopic (exact) mass is 291 g/mol. The lowest BCUT2D eigenvalue weighted by atomic mass is 10.1. The van der Waals surface area contributed by atoms with Crippen LogP contribution in [0.3, 0.4) is 0 Å². The molecule has 2 N–H and O–H groups in total. The number of urea groups is 1. The molecule has 0 radical (unpaired) electrons. The third-order valence-electron chi connectivity index (χ3n) is 3.95. The minimum atomic E-state index is -0.531. The molecule has 0 aromatic heterocycles. The summed E-state index contributed by atoms with van der Waals surface area (Å²) in [6.07, 6.45) is -0.531. The number of rotatable bonds is 3. The molecule has 1 aromatic carbocycles. The molecule has 1 heterocycles. The number of carbonyl (C=O) groups excluding carboxylic acids is 1. The Bertz CT molecular complexity index is 480. The zero-order valence-electron chi connectivity index (χ0n) is 13.0. The maximum Gasteiger partial charge on any atom is 0.321 e. The molecule has 1 fully saturated rings. The van der Waals surface area contributed by atoms with E-state index in [0.717, 1.165) is 37.4 Å². The van der Waals surface area contributed by atoms with Crippen molar-refractivity contribution >= 4 is 11.7 Å². The second-order valence-electron chi connectivity index (χ2n) is 5.85. The summed E-state index contributed by atoms with van der Waals surface area (Å²) in [6.45, 7) is 9.40. The van der Waals surface area contributed by atoms with E-state index >= 15 is 0 Å². The molecule has 116 valence electrons. The van der Waals surface area contributed by atoms with Crippen molar-refractivity contribution in [2.45, 2.75) is 32.9 Å². The van der Waals surface area contributed by atoms with Crippen LogP contribution in [-0.4, -0.2) is 53.2 Å². The van der Waals surface area contributed by atoms with Gasteiger partial charge in [-0.15, -0.1) is 0 Å². The Morgan fingerprint density at radius 2 is 1.86 bits per heavy atom. The minimum Gasteiger partial charge on any atom is -0.389 e. The van der Waals surface area contributed by atoms with Gasteiger partial charge in [0.2, 0.25) is 0 Å². The van der Waals surface area contributed by atoms with Gasteiger partial charge in [0, 0.05) is 37.9 Å². The first-order valence-corrected chi connectivity index (χ1v) is 7.55. The molecule has 5 nitrogen and oxygen atoms in total. The molecule has 0 spiro atoms. The highest BCUT2D eigenvalue weighted by Gasteiger charge is 2.22. The first kappa shape index (κ1) is 15.8. The highest BCUT2D eigenvalue weighted by atomic mass is 16.3. The Morgan fingerprint density at radius 3 is 2.43 bits per heavy atom. The number of carbonyl (C=O) groups is 1. The molecule has 5 heteroatoms. The van der Waals surface area contributed by atoms with Crippen LogP contribution in [0.2, 0.25) is 0 Å². The van der Waals surface area contributed by atoms with Gasteiger partial charge in [-0.1, -0.05) is 12.1 Å². The van der Waals surface area contributed by atoms with E-state index in [0.29, 0.717) is 6.04 Å². The number of anilines is 1. The summed E-state index contributed by atoms with van der Waals surface area (Å²) in [4.78, 5) is 16.5. The maximum absolute atomic E-state index is 12.3. The van der Waals surface area contributed by atoms with Crippen LogP contribution in [0.1, 0.15) is 32.4 Å². The fourth-order valence-corrected chi connectivity index (χ4v) is 2.52. The predicted molar refractivity (Wildman–Crippen MR) is 84.4 cm³/mol. The van der Waals surface area contributed by atoms with Crippen LogP contribution >= 0.6 is 0 Å². The van der Waals surface area contributed by atoms with Gasteiger partial charge in [-0.3, -0.25) is 4.90 Å². The molecule has 0 bridgehead atoms. The van der Waals surface area contributed by atoms with Gasteiger partial charge in [-0.05, 0) is 38.5 Å². The van der Waals surface area contributed by atoms with Gasteiger partial charge in [0.15, 0.2) is 0 Å². The van der Waals surface area contributed by atoms with Gasteiger partial charge in [-0.2, -0.15) is 0 Å². The van der Waals surface area contributed by atoms with E-state index < -0.39 is 6.10 Å². The topological polar surface area (TPSA) is 55.8 Å². The molecule has 1 saturated heterocycles. The van der Waals surface area contributed by atoms with Crippen molar-refractivity contribution in [3.63, 3.8) is 0 Å². The molecule has 21 heavy (non-hydrogen) atoms. The average Bonchev–Trinajstić information content (AvgIpc) is 2.47. The molecule has 1 aliphatic heterocycles. The molecule has 1 aromatic rings. The summed E-state index contributed by atoms with van der Waals surface area (Å²) in [6, 6.07) is 7.80. The summed E-state index contributed by atoms with van der Waals surface area (Å²) in [5.41, 5.74) is 1.53. The largest absolute Gasteiger partial charge is 0.389 e. The summed E-state index contributed by atoms with van der Waals surface area (Å²) in [5.74, 6) is 0. The van der Waals surface area contributed by atoms with E-state index in [1.807, 2.05) is 29.2 Å². The number of hydrogen-bond acceptors (Lipinski definition) is 3. The number of piperazine rings is 1. The number of amides is 2. The third-order valence-corrected chi connectivity index (χ3v) is 3.95. The highest BCUT2D eigenvalue weighted by Crippen LogP contribution is 2.17. The standard InChI is InChI=1S/C16H25N3O2/c1-12(2)18-7-9-19(10-8-18)16(21)17-15-6-4-5-14(11-15)13(3)20/h4-6,11-13,20H,7-10H2,1-3H3,(H,17,21). The molecule has 1 atom stereocenters. The zero-order valence-corrected chi connectivity index (χ0v) is 13.0. The Morgan fingerprint density at radius 1 is 1.19 bits per heavy atom. The maximum atomic E-state index is 12.3. The third kappa shape index (κ3) is 4.19. The fraction of sp³-hybridized carbons (Fsp3) is 0.562. The molecule has 0 saturated carbocycles. The SMILES string of the molecule is CC(O)c1cccc(NC(=O)N2CCN(C(C)C)CC2)c1. The van der Waals surface area contributed by atoms with Crippen molar-refractivity contribution in [2.24, 2.45) is 0 Å². The molecule has 2 rings (SSSR count). The highest BCUT2D eigenvalue weighted by molar-refractivity contribution is 5.89. The molecular formula is C16H25N3O2. The summed E-state index contributed by atoms with van der Waals surface area (Å²) < 4.78 is 0. The Balaban J connectivity index is 1.92. The second-order valence-corrected chi connectivity index (χ2v) is 5.85. The molecule has 1 aliphatic rings. The van der Waals surface area contributed by atoms with E-state index in [2.05, 4.69) is 24.1 Å². The number of nitrogens with one attached hydrogen (secondary N) is 1. The fourth-order valence-electron chi connectivity index (χ4n) is 2.52. The van der Waals surface area contributed by atoms with E-state index in [1.165, 1.54) is 0 Å². The molecule has 0 aliphatic carbocycles. The predicted octanol–water partition coefficient (Wildman–Crippen LogP) is 2.30. The van der Waals surface area contributed by atoms with Gasteiger partial charge < -0.3 is 15.3 Å². The van der Waals surface area contributed by atoms with E-state index in [1.54, 1.807) is 6.92 Å². The number of aliphatic hydroxyl groups is 1.